The Bertz CT molecular complexity index is 947. The highest BCUT2D eigenvalue weighted by molar-refractivity contribution is 6.31. The number of benzene rings is 2. The van der Waals surface area contributed by atoms with Crippen LogP contribution in [0.2, 0.25) is 10.0 Å². The Hall–Kier alpha value is -2.55. The lowest BCUT2D eigenvalue weighted by molar-refractivity contribution is -0.132. The van der Waals surface area contributed by atoms with Crippen LogP contribution in [0.15, 0.2) is 54.6 Å². The molecule has 1 atom stereocenters. The standard InChI is InChI=1S/C19H14Cl2F3NO4/c20-11-5-6-15(13(9-11)18(29)12-3-1-2-4-14(12)21)25(10-19(22,23)24)16(26)7-8-17(27)28/h1-9,18,29H,10H2,(H,27,28). The lowest BCUT2D eigenvalue weighted by atomic mass is 9.99. The highest BCUT2D eigenvalue weighted by atomic mass is 35.5. The van der Waals surface area contributed by atoms with Gasteiger partial charge in [0, 0.05) is 33.3 Å². The first-order valence-corrected chi connectivity index (χ1v) is 8.76. The van der Waals surface area contributed by atoms with Crippen molar-refractivity contribution in [3.63, 3.8) is 0 Å². The Kier molecular flexibility index (Phi) is 7.29. The smallest absolute Gasteiger partial charge is 0.406 e. The van der Waals surface area contributed by atoms with Crippen LogP contribution < -0.4 is 4.90 Å². The number of carboxylic acid groups (broad SMARTS) is 1. The number of anilines is 1. The van der Waals surface area contributed by atoms with Crippen LogP contribution in [-0.4, -0.2) is 34.8 Å². The van der Waals surface area contributed by atoms with Crippen molar-refractivity contribution in [2.45, 2.75) is 12.3 Å². The van der Waals surface area contributed by atoms with Crippen LogP contribution in [0.1, 0.15) is 17.2 Å². The summed E-state index contributed by atoms with van der Waals surface area (Å²) in [6.45, 7) is -1.71. The van der Waals surface area contributed by atoms with Crippen molar-refractivity contribution in [2.24, 2.45) is 0 Å². The number of nitrogens with zero attached hydrogens (tertiary/aromatic N) is 1. The zero-order valence-electron chi connectivity index (χ0n) is 14.5. The molecule has 2 aromatic carbocycles. The summed E-state index contributed by atoms with van der Waals surface area (Å²) < 4.78 is 39.3. The lowest BCUT2D eigenvalue weighted by Gasteiger charge is -2.27. The number of halogens is 5. The predicted octanol–water partition coefficient (Wildman–Crippen LogP) is 4.61. The van der Waals surface area contributed by atoms with Crippen LogP contribution in [0, 0.1) is 0 Å². The molecular weight excluding hydrogens is 434 g/mol. The fraction of sp³-hybridized carbons (Fsp3) is 0.158. The molecule has 0 spiro atoms. The average molecular weight is 448 g/mol. The number of rotatable bonds is 6. The van der Waals surface area contributed by atoms with E-state index in [0.29, 0.717) is 17.1 Å². The van der Waals surface area contributed by atoms with E-state index >= 15 is 0 Å². The minimum absolute atomic E-state index is 0.105. The number of carbonyl (C=O) groups is 2. The van der Waals surface area contributed by atoms with Gasteiger partial charge in [-0.15, -0.1) is 0 Å². The third kappa shape index (κ3) is 6.22. The number of aliphatic hydroxyl groups is 1. The van der Waals surface area contributed by atoms with Crippen molar-refractivity contribution >= 4 is 40.8 Å². The Morgan fingerprint density at radius 3 is 2.31 bits per heavy atom. The van der Waals surface area contributed by atoms with E-state index in [4.69, 9.17) is 28.3 Å². The van der Waals surface area contributed by atoms with Gasteiger partial charge in [0.2, 0.25) is 0 Å². The molecule has 0 bridgehead atoms. The molecule has 2 rings (SSSR count). The maximum absolute atomic E-state index is 13.1. The first-order chi connectivity index (χ1) is 13.5. The van der Waals surface area contributed by atoms with E-state index in [-0.39, 0.29) is 26.9 Å². The normalized spacial score (nSPS) is 12.8. The summed E-state index contributed by atoms with van der Waals surface area (Å²) in [5.41, 5.74) is -0.204. The topological polar surface area (TPSA) is 77.8 Å². The molecule has 1 amide bonds. The quantitative estimate of drug-likeness (QED) is 0.633. The molecule has 10 heteroatoms. The third-order valence-electron chi connectivity index (χ3n) is 3.75. The summed E-state index contributed by atoms with van der Waals surface area (Å²) >= 11 is 12.0. The van der Waals surface area contributed by atoms with Crippen LogP contribution in [0.3, 0.4) is 0 Å². The first kappa shape index (κ1) is 22.7. The van der Waals surface area contributed by atoms with Crippen LogP contribution in [0.25, 0.3) is 0 Å². The molecule has 0 aromatic heterocycles. The number of aliphatic hydroxyl groups excluding tert-OH is 1. The van der Waals surface area contributed by atoms with Crippen LogP contribution in [0.4, 0.5) is 18.9 Å². The van der Waals surface area contributed by atoms with E-state index in [9.17, 15) is 27.9 Å². The van der Waals surface area contributed by atoms with Gasteiger partial charge >= 0.3 is 12.1 Å². The molecule has 0 saturated carbocycles. The average Bonchev–Trinajstić information content (AvgIpc) is 2.63. The summed E-state index contributed by atoms with van der Waals surface area (Å²) in [7, 11) is 0. The second-order valence-corrected chi connectivity index (χ2v) is 6.68. The lowest BCUT2D eigenvalue weighted by Crippen LogP contribution is -2.39. The molecule has 5 nitrogen and oxygen atoms in total. The van der Waals surface area contributed by atoms with Crippen LogP contribution in [0.5, 0.6) is 0 Å². The Morgan fingerprint density at radius 2 is 1.72 bits per heavy atom. The van der Waals surface area contributed by atoms with Gasteiger partial charge in [-0.05, 0) is 24.3 Å². The number of hydrogen-bond acceptors (Lipinski definition) is 3. The van der Waals surface area contributed by atoms with Crippen molar-refractivity contribution in [1.29, 1.82) is 0 Å². The van der Waals surface area contributed by atoms with E-state index in [1.807, 2.05) is 0 Å². The number of carboxylic acids is 1. The monoisotopic (exact) mass is 447 g/mol. The fourth-order valence-corrected chi connectivity index (χ4v) is 2.97. The number of carbonyl (C=O) groups excluding carboxylic acids is 1. The number of alkyl halides is 3. The van der Waals surface area contributed by atoms with Crippen molar-refractivity contribution in [1.82, 2.24) is 0 Å². The minimum atomic E-state index is -4.79. The molecule has 29 heavy (non-hydrogen) atoms. The molecule has 0 saturated heterocycles. The number of aliphatic carboxylic acids is 1. The summed E-state index contributed by atoms with van der Waals surface area (Å²) in [4.78, 5) is 23.3. The number of amides is 1. The molecule has 0 fully saturated rings. The van der Waals surface area contributed by atoms with E-state index in [1.54, 1.807) is 12.1 Å². The van der Waals surface area contributed by atoms with Gasteiger partial charge in [0.05, 0.1) is 5.69 Å². The number of hydrogen-bond donors (Lipinski definition) is 2. The molecule has 2 aromatic rings. The molecule has 0 aliphatic rings. The van der Waals surface area contributed by atoms with Gasteiger partial charge in [-0.1, -0.05) is 41.4 Å². The predicted molar refractivity (Wildman–Crippen MR) is 102 cm³/mol. The Labute approximate surface area is 173 Å². The van der Waals surface area contributed by atoms with Crippen molar-refractivity contribution < 1.29 is 33.0 Å². The van der Waals surface area contributed by atoms with Crippen molar-refractivity contribution in [3.05, 3.63) is 75.8 Å². The highest BCUT2D eigenvalue weighted by Gasteiger charge is 2.35. The SMILES string of the molecule is O=C(O)C=CC(=O)N(CC(F)(F)F)c1ccc(Cl)cc1C(O)c1ccccc1Cl. The first-order valence-electron chi connectivity index (χ1n) is 8.01. The Balaban J connectivity index is 2.60. The zero-order valence-corrected chi connectivity index (χ0v) is 16.0. The van der Waals surface area contributed by atoms with E-state index in [1.165, 1.54) is 24.3 Å². The van der Waals surface area contributed by atoms with Gasteiger partial charge in [0.15, 0.2) is 0 Å². The maximum Gasteiger partial charge on any atom is 0.406 e. The fourth-order valence-electron chi connectivity index (χ4n) is 2.55. The van der Waals surface area contributed by atoms with E-state index in [0.717, 1.165) is 6.07 Å². The molecular formula is C19H14Cl2F3NO4. The van der Waals surface area contributed by atoms with Gasteiger partial charge in [-0.3, -0.25) is 9.69 Å². The highest BCUT2D eigenvalue weighted by Crippen LogP contribution is 2.36. The van der Waals surface area contributed by atoms with Gasteiger partial charge in [0.1, 0.15) is 12.6 Å². The maximum atomic E-state index is 13.1. The van der Waals surface area contributed by atoms with Crippen molar-refractivity contribution in [2.75, 3.05) is 11.4 Å². The largest absolute Gasteiger partial charge is 0.478 e. The van der Waals surface area contributed by atoms with Gasteiger partial charge in [-0.2, -0.15) is 13.2 Å². The molecule has 0 aliphatic carbocycles. The van der Waals surface area contributed by atoms with Crippen LogP contribution >= 0.6 is 23.2 Å². The molecule has 1 unspecified atom stereocenters. The summed E-state index contributed by atoms with van der Waals surface area (Å²) in [6, 6.07) is 9.72. The second kappa shape index (κ2) is 9.30. The minimum Gasteiger partial charge on any atom is -0.478 e. The molecule has 0 aliphatic heterocycles. The molecule has 2 N–H and O–H groups in total. The summed E-state index contributed by atoms with van der Waals surface area (Å²) in [5, 5.41) is 19.7. The van der Waals surface area contributed by atoms with E-state index < -0.39 is 30.7 Å². The van der Waals surface area contributed by atoms with Gasteiger partial charge in [0.25, 0.3) is 5.91 Å². The third-order valence-corrected chi connectivity index (χ3v) is 4.33. The summed E-state index contributed by atoms with van der Waals surface area (Å²) in [5.74, 6) is -2.74. The second-order valence-electron chi connectivity index (χ2n) is 5.84. The molecule has 154 valence electrons. The van der Waals surface area contributed by atoms with Crippen molar-refractivity contribution in [3.8, 4) is 0 Å². The Morgan fingerprint density at radius 1 is 1.07 bits per heavy atom. The van der Waals surface area contributed by atoms with Gasteiger partial charge in [-0.25, -0.2) is 4.79 Å². The summed E-state index contributed by atoms with van der Waals surface area (Å²) in [6.07, 6.45) is -5.37. The van der Waals surface area contributed by atoms with Crippen LogP contribution in [-0.2, 0) is 9.59 Å². The van der Waals surface area contributed by atoms with E-state index in [2.05, 4.69) is 0 Å². The molecule has 0 heterocycles. The van der Waals surface area contributed by atoms with Gasteiger partial charge < -0.3 is 10.2 Å². The zero-order chi connectivity index (χ0) is 21.8. The molecule has 0 radical (unpaired) electrons.